The third-order valence-corrected chi connectivity index (χ3v) is 3.11. The molecule has 0 radical (unpaired) electrons. The van der Waals surface area contributed by atoms with Crippen molar-refractivity contribution in [3.05, 3.63) is 17.7 Å². The Labute approximate surface area is 120 Å². The zero-order chi connectivity index (χ0) is 15.1. The molecule has 0 spiro atoms. The summed E-state index contributed by atoms with van der Waals surface area (Å²) in [6.45, 7) is 4.59. The molecule has 0 saturated heterocycles. The number of hydrogen-bond donors (Lipinski definition) is 1. The van der Waals surface area contributed by atoms with Gasteiger partial charge in [-0.1, -0.05) is 13.3 Å². The number of anilines is 1. The van der Waals surface area contributed by atoms with Crippen LogP contribution in [0.1, 0.15) is 25.3 Å². The number of carbonyl (C=O) groups is 1. The van der Waals surface area contributed by atoms with Gasteiger partial charge in [-0.05, 0) is 31.0 Å². The minimum absolute atomic E-state index is 0.0378. The molecule has 112 valence electrons. The van der Waals surface area contributed by atoms with E-state index in [-0.39, 0.29) is 12.5 Å². The molecule has 0 aliphatic heterocycles. The molecule has 1 amide bonds. The van der Waals surface area contributed by atoms with E-state index in [1.807, 2.05) is 19.1 Å². The number of methoxy groups -OCH3 is 2. The van der Waals surface area contributed by atoms with Gasteiger partial charge < -0.3 is 20.1 Å². The van der Waals surface area contributed by atoms with Gasteiger partial charge in [-0.3, -0.25) is 4.79 Å². The summed E-state index contributed by atoms with van der Waals surface area (Å²) in [6, 6.07) is 3.78. The summed E-state index contributed by atoms with van der Waals surface area (Å²) in [4.78, 5) is 13.8. The normalized spacial score (nSPS) is 10.2. The molecule has 1 rings (SSSR count). The summed E-state index contributed by atoms with van der Waals surface area (Å²) >= 11 is 0. The van der Waals surface area contributed by atoms with Crippen molar-refractivity contribution in [2.24, 2.45) is 5.73 Å². The Balaban J connectivity index is 3.32. The van der Waals surface area contributed by atoms with E-state index in [2.05, 4.69) is 6.92 Å². The highest BCUT2D eigenvalue weighted by Crippen LogP contribution is 2.39. The van der Waals surface area contributed by atoms with Crippen LogP contribution in [0.15, 0.2) is 12.1 Å². The van der Waals surface area contributed by atoms with E-state index in [0.717, 1.165) is 18.4 Å². The minimum atomic E-state index is -0.140. The smallest absolute Gasteiger partial charge is 0.240 e. The van der Waals surface area contributed by atoms with Gasteiger partial charge in [0.2, 0.25) is 5.91 Å². The standard InChI is InChI=1S/C15H24N2O3/c1-5-6-7-17(14(18)10-16)15-12(19-3)8-11(2)9-13(15)20-4/h8-9H,5-7,10,16H2,1-4H3. The third kappa shape index (κ3) is 3.63. The second-order valence-electron chi connectivity index (χ2n) is 4.62. The Bertz CT molecular complexity index is 435. The summed E-state index contributed by atoms with van der Waals surface area (Å²) in [5.41, 5.74) is 7.19. The number of rotatable bonds is 7. The molecule has 1 aromatic carbocycles. The Hall–Kier alpha value is -1.75. The monoisotopic (exact) mass is 280 g/mol. The minimum Gasteiger partial charge on any atom is -0.494 e. The van der Waals surface area contributed by atoms with Gasteiger partial charge in [0, 0.05) is 6.54 Å². The predicted octanol–water partition coefficient (Wildman–Crippen LogP) is 2.10. The van der Waals surface area contributed by atoms with Crippen molar-refractivity contribution in [1.29, 1.82) is 0 Å². The highest BCUT2D eigenvalue weighted by atomic mass is 16.5. The van der Waals surface area contributed by atoms with E-state index < -0.39 is 0 Å². The first-order chi connectivity index (χ1) is 9.58. The lowest BCUT2D eigenvalue weighted by molar-refractivity contribution is -0.117. The molecule has 0 heterocycles. The van der Waals surface area contributed by atoms with Gasteiger partial charge >= 0.3 is 0 Å². The molecule has 5 heteroatoms. The summed E-state index contributed by atoms with van der Waals surface area (Å²) < 4.78 is 10.8. The number of unbranched alkanes of at least 4 members (excludes halogenated alkanes) is 1. The molecule has 2 N–H and O–H groups in total. The van der Waals surface area contributed by atoms with Crippen LogP contribution in [0.2, 0.25) is 0 Å². The van der Waals surface area contributed by atoms with Gasteiger partial charge in [0.15, 0.2) is 0 Å². The molecule has 1 aromatic rings. The van der Waals surface area contributed by atoms with Gasteiger partial charge in [-0.25, -0.2) is 0 Å². The van der Waals surface area contributed by atoms with Gasteiger partial charge in [0.05, 0.1) is 20.8 Å². The second kappa shape index (κ2) is 7.75. The Morgan fingerprint density at radius 3 is 2.20 bits per heavy atom. The molecule has 0 aromatic heterocycles. The van der Waals surface area contributed by atoms with Crippen molar-refractivity contribution in [3.8, 4) is 11.5 Å². The van der Waals surface area contributed by atoms with Crippen molar-refractivity contribution in [3.63, 3.8) is 0 Å². The summed E-state index contributed by atoms with van der Waals surface area (Å²) in [7, 11) is 3.17. The third-order valence-electron chi connectivity index (χ3n) is 3.11. The molecule has 0 bridgehead atoms. The number of ether oxygens (including phenoxy) is 2. The van der Waals surface area contributed by atoms with Crippen LogP contribution >= 0.6 is 0 Å². The van der Waals surface area contributed by atoms with E-state index in [1.165, 1.54) is 0 Å². The van der Waals surface area contributed by atoms with Crippen LogP contribution in [0, 0.1) is 6.92 Å². The molecule has 0 saturated carbocycles. The molecule has 5 nitrogen and oxygen atoms in total. The van der Waals surface area contributed by atoms with E-state index in [0.29, 0.717) is 23.7 Å². The number of amides is 1. The molecular formula is C15H24N2O3. The zero-order valence-corrected chi connectivity index (χ0v) is 12.7. The van der Waals surface area contributed by atoms with Crippen molar-refractivity contribution in [1.82, 2.24) is 0 Å². The van der Waals surface area contributed by atoms with Crippen LogP contribution < -0.4 is 20.1 Å². The van der Waals surface area contributed by atoms with Gasteiger partial charge in [-0.15, -0.1) is 0 Å². The van der Waals surface area contributed by atoms with Crippen LogP contribution in [-0.4, -0.2) is 33.2 Å². The quantitative estimate of drug-likeness (QED) is 0.830. The highest BCUT2D eigenvalue weighted by molar-refractivity contribution is 5.97. The number of carbonyl (C=O) groups excluding carboxylic acids is 1. The fourth-order valence-corrected chi connectivity index (χ4v) is 2.08. The maximum absolute atomic E-state index is 12.1. The van der Waals surface area contributed by atoms with Crippen LogP contribution in [0.25, 0.3) is 0 Å². The Morgan fingerprint density at radius 2 is 1.80 bits per heavy atom. The predicted molar refractivity (Wildman–Crippen MR) is 80.6 cm³/mol. The molecular weight excluding hydrogens is 256 g/mol. The van der Waals surface area contributed by atoms with Crippen LogP contribution in [-0.2, 0) is 4.79 Å². The molecule has 0 fully saturated rings. The SMILES string of the molecule is CCCCN(C(=O)CN)c1c(OC)cc(C)cc1OC. The second-order valence-corrected chi connectivity index (χ2v) is 4.62. The summed E-state index contributed by atoms with van der Waals surface area (Å²) in [5, 5.41) is 0. The topological polar surface area (TPSA) is 64.8 Å². The Morgan fingerprint density at radius 1 is 1.25 bits per heavy atom. The lowest BCUT2D eigenvalue weighted by atomic mass is 10.1. The first kappa shape index (κ1) is 16.3. The maximum atomic E-state index is 12.1. The number of aryl methyl sites for hydroxylation is 1. The number of nitrogens with two attached hydrogens (primary N) is 1. The van der Waals surface area contributed by atoms with Gasteiger partial charge in [0.1, 0.15) is 17.2 Å². The fraction of sp³-hybridized carbons (Fsp3) is 0.533. The molecule has 0 atom stereocenters. The van der Waals surface area contributed by atoms with Crippen molar-refractivity contribution >= 4 is 11.6 Å². The molecule has 0 aliphatic carbocycles. The molecule has 20 heavy (non-hydrogen) atoms. The number of hydrogen-bond acceptors (Lipinski definition) is 4. The van der Waals surface area contributed by atoms with Crippen LogP contribution in [0.3, 0.4) is 0 Å². The van der Waals surface area contributed by atoms with E-state index in [9.17, 15) is 4.79 Å². The van der Waals surface area contributed by atoms with Crippen molar-refractivity contribution in [2.45, 2.75) is 26.7 Å². The lowest BCUT2D eigenvalue weighted by Crippen LogP contribution is -2.37. The summed E-state index contributed by atoms with van der Waals surface area (Å²) in [6.07, 6.45) is 1.89. The van der Waals surface area contributed by atoms with Gasteiger partial charge in [0.25, 0.3) is 0 Å². The number of benzene rings is 1. The molecule has 0 unspecified atom stereocenters. The average molecular weight is 280 g/mol. The largest absolute Gasteiger partial charge is 0.494 e. The van der Waals surface area contributed by atoms with Crippen LogP contribution in [0.4, 0.5) is 5.69 Å². The first-order valence-electron chi connectivity index (χ1n) is 6.82. The fourth-order valence-electron chi connectivity index (χ4n) is 2.08. The van der Waals surface area contributed by atoms with Gasteiger partial charge in [-0.2, -0.15) is 0 Å². The Kier molecular flexibility index (Phi) is 6.31. The number of nitrogens with zero attached hydrogens (tertiary/aromatic N) is 1. The first-order valence-corrected chi connectivity index (χ1v) is 6.82. The maximum Gasteiger partial charge on any atom is 0.240 e. The van der Waals surface area contributed by atoms with Crippen molar-refractivity contribution in [2.75, 3.05) is 32.2 Å². The molecule has 0 aliphatic rings. The van der Waals surface area contributed by atoms with E-state index >= 15 is 0 Å². The zero-order valence-electron chi connectivity index (χ0n) is 12.7. The highest BCUT2D eigenvalue weighted by Gasteiger charge is 2.22. The van der Waals surface area contributed by atoms with E-state index in [4.69, 9.17) is 15.2 Å². The van der Waals surface area contributed by atoms with Crippen LogP contribution in [0.5, 0.6) is 11.5 Å². The summed E-state index contributed by atoms with van der Waals surface area (Å²) in [5.74, 6) is 1.11. The lowest BCUT2D eigenvalue weighted by Gasteiger charge is -2.26. The van der Waals surface area contributed by atoms with E-state index in [1.54, 1.807) is 19.1 Å². The van der Waals surface area contributed by atoms with Crippen molar-refractivity contribution < 1.29 is 14.3 Å². The average Bonchev–Trinajstić information content (AvgIpc) is 2.47.